The van der Waals surface area contributed by atoms with Crippen molar-refractivity contribution in [3.8, 4) is 0 Å². The number of sulfonamides is 1. The highest BCUT2D eigenvalue weighted by Gasteiger charge is 2.27. The summed E-state index contributed by atoms with van der Waals surface area (Å²) in [6.45, 7) is 5.37. The summed E-state index contributed by atoms with van der Waals surface area (Å²) in [6, 6.07) is 11.6. The van der Waals surface area contributed by atoms with Crippen LogP contribution in [0.4, 0.5) is 5.69 Å². The molecule has 3 rings (SSSR count). The summed E-state index contributed by atoms with van der Waals surface area (Å²) < 4.78 is 26.9. The first-order valence-corrected chi connectivity index (χ1v) is 12.5. The average molecular weight is 437 g/mol. The van der Waals surface area contributed by atoms with Gasteiger partial charge in [-0.15, -0.1) is 0 Å². The van der Waals surface area contributed by atoms with Crippen molar-refractivity contribution in [2.24, 2.45) is 0 Å². The number of H-pyrrole nitrogens is 1. The highest BCUT2D eigenvalue weighted by molar-refractivity contribution is 7.99. The van der Waals surface area contributed by atoms with Crippen LogP contribution in [0.1, 0.15) is 23.8 Å². The van der Waals surface area contributed by atoms with E-state index in [1.165, 1.54) is 16.6 Å². The van der Waals surface area contributed by atoms with Gasteiger partial charge in [0.2, 0.25) is 10.0 Å². The molecule has 29 heavy (non-hydrogen) atoms. The lowest BCUT2D eigenvalue weighted by Gasteiger charge is -2.24. The molecule has 0 atom stereocenters. The maximum absolute atomic E-state index is 12.7. The predicted molar refractivity (Wildman–Crippen MR) is 118 cm³/mol. The summed E-state index contributed by atoms with van der Waals surface area (Å²) in [5.74, 6) is 1.31. The van der Waals surface area contributed by atoms with Gasteiger partial charge < -0.3 is 15.2 Å². The monoisotopic (exact) mass is 436 g/mol. The highest BCUT2D eigenvalue weighted by atomic mass is 32.2. The van der Waals surface area contributed by atoms with Gasteiger partial charge in [0.05, 0.1) is 0 Å². The van der Waals surface area contributed by atoms with Crippen molar-refractivity contribution in [1.29, 1.82) is 0 Å². The number of hydrogen-bond acceptors (Lipinski definition) is 5. The van der Waals surface area contributed by atoms with Gasteiger partial charge in [-0.3, -0.25) is 4.79 Å². The molecule has 158 valence electrons. The third-order valence-electron chi connectivity index (χ3n) is 4.90. The first-order valence-electron chi connectivity index (χ1n) is 9.87. The van der Waals surface area contributed by atoms with Crippen LogP contribution in [0.3, 0.4) is 0 Å². The molecule has 2 N–H and O–H groups in total. The molecule has 1 saturated heterocycles. The normalized spacial score (nSPS) is 15.2. The van der Waals surface area contributed by atoms with Crippen LogP contribution in [-0.4, -0.2) is 67.8 Å². The van der Waals surface area contributed by atoms with Crippen LogP contribution in [0.2, 0.25) is 0 Å². The van der Waals surface area contributed by atoms with E-state index in [9.17, 15) is 13.2 Å². The van der Waals surface area contributed by atoms with Crippen LogP contribution in [-0.2, 0) is 10.0 Å². The zero-order valence-corrected chi connectivity index (χ0v) is 18.3. The number of rotatable bonds is 9. The quantitative estimate of drug-likeness (QED) is 0.590. The highest BCUT2D eigenvalue weighted by Crippen LogP contribution is 2.20. The predicted octanol–water partition coefficient (Wildman–Crippen LogP) is 2.40. The fraction of sp³-hybridized carbons (Fsp3) is 0.450. The van der Waals surface area contributed by atoms with Gasteiger partial charge in [-0.05, 0) is 31.5 Å². The number of anilines is 1. The number of carbonyl (C=O) groups excluding carboxylic acids is 1. The summed E-state index contributed by atoms with van der Waals surface area (Å²) in [4.78, 5) is 17.6. The van der Waals surface area contributed by atoms with Gasteiger partial charge in [-0.1, -0.05) is 18.2 Å². The molecule has 0 bridgehead atoms. The van der Waals surface area contributed by atoms with Crippen molar-refractivity contribution < 1.29 is 13.2 Å². The van der Waals surface area contributed by atoms with Crippen molar-refractivity contribution in [2.45, 2.75) is 18.2 Å². The van der Waals surface area contributed by atoms with Crippen molar-refractivity contribution in [2.75, 3.05) is 49.1 Å². The van der Waals surface area contributed by atoms with Crippen LogP contribution in [0, 0.1) is 0 Å². The lowest BCUT2D eigenvalue weighted by molar-refractivity contribution is 0.0949. The number of nitrogens with zero attached hydrogens (tertiary/aromatic N) is 2. The Morgan fingerprint density at radius 1 is 1.24 bits per heavy atom. The minimum absolute atomic E-state index is 0.149. The molecule has 0 unspecified atom stereocenters. The first-order chi connectivity index (χ1) is 14.0. The second-order valence-corrected chi connectivity index (χ2v) is 9.95. The summed E-state index contributed by atoms with van der Waals surface area (Å²) >= 11 is 1.75. The SMILES string of the molecule is CCN(CCCNC(=O)c1cc(S(=O)(=O)N2CCSCC2)c[nH]1)c1ccccc1. The Hall–Kier alpha value is -1.97. The van der Waals surface area contributed by atoms with E-state index < -0.39 is 10.0 Å². The third kappa shape index (κ3) is 5.55. The molecule has 1 aliphatic heterocycles. The third-order valence-corrected chi connectivity index (χ3v) is 7.72. The number of nitrogens with one attached hydrogen (secondary N) is 2. The fourth-order valence-electron chi connectivity index (χ4n) is 3.27. The molecular weight excluding hydrogens is 408 g/mol. The smallest absolute Gasteiger partial charge is 0.267 e. The standard InChI is InChI=1S/C20H28N4O3S2/c1-2-23(17-7-4-3-5-8-17)10-6-9-21-20(25)19-15-18(16-22-19)29(26,27)24-11-13-28-14-12-24/h3-5,7-8,15-16,22H,2,6,9-14H2,1H3,(H,21,25). The van der Waals surface area contributed by atoms with E-state index in [0.717, 1.165) is 36.7 Å². The molecule has 0 aliphatic carbocycles. The molecule has 2 heterocycles. The number of thioether (sulfide) groups is 1. The summed E-state index contributed by atoms with van der Waals surface area (Å²) in [6.07, 6.45) is 2.20. The van der Waals surface area contributed by atoms with Gasteiger partial charge in [0, 0.05) is 56.1 Å². The van der Waals surface area contributed by atoms with Gasteiger partial charge >= 0.3 is 0 Å². The van der Waals surface area contributed by atoms with Gasteiger partial charge in [0.25, 0.3) is 5.91 Å². The number of amides is 1. The van der Waals surface area contributed by atoms with Crippen LogP contribution in [0.25, 0.3) is 0 Å². The summed E-state index contributed by atoms with van der Waals surface area (Å²) in [5, 5.41) is 2.87. The molecule has 1 aromatic heterocycles. The number of para-hydroxylation sites is 1. The molecule has 1 amide bonds. The van der Waals surface area contributed by atoms with E-state index in [1.54, 1.807) is 11.8 Å². The molecule has 7 nitrogen and oxygen atoms in total. The maximum Gasteiger partial charge on any atom is 0.267 e. The van der Waals surface area contributed by atoms with E-state index in [0.29, 0.717) is 19.6 Å². The molecule has 0 radical (unpaired) electrons. The number of aromatic amines is 1. The van der Waals surface area contributed by atoms with Gasteiger partial charge in [-0.2, -0.15) is 16.1 Å². The Bertz CT molecular complexity index is 893. The second kappa shape index (κ2) is 10.2. The van der Waals surface area contributed by atoms with Crippen molar-refractivity contribution in [3.05, 3.63) is 48.3 Å². The lowest BCUT2D eigenvalue weighted by Crippen LogP contribution is -2.37. The number of aromatic nitrogens is 1. The van der Waals surface area contributed by atoms with Gasteiger partial charge in [-0.25, -0.2) is 8.42 Å². The number of benzene rings is 1. The zero-order valence-electron chi connectivity index (χ0n) is 16.6. The van der Waals surface area contributed by atoms with E-state index in [4.69, 9.17) is 0 Å². The second-order valence-electron chi connectivity index (χ2n) is 6.79. The topological polar surface area (TPSA) is 85.5 Å². The largest absolute Gasteiger partial charge is 0.372 e. The first kappa shape index (κ1) is 21.7. The van der Waals surface area contributed by atoms with Gasteiger partial charge in [0.1, 0.15) is 10.6 Å². The molecule has 1 aliphatic rings. The molecule has 2 aromatic rings. The van der Waals surface area contributed by atoms with E-state index >= 15 is 0 Å². The summed E-state index contributed by atoms with van der Waals surface area (Å²) in [5.41, 5.74) is 1.43. The zero-order chi connectivity index (χ0) is 20.7. The van der Waals surface area contributed by atoms with Crippen LogP contribution in [0.15, 0.2) is 47.5 Å². The fourth-order valence-corrected chi connectivity index (χ4v) is 5.84. The maximum atomic E-state index is 12.7. The molecule has 1 aromatic carbocycles. The van der Waals surface area contributed by atoms with Crippen molar-refractivity contribution in [3.63, 3.8) is 0 Å². The van der Waals surface area contributed by atoms with Crippen molar-refractivity contribution >= 4 is 33.4 Å². The van der Waals surface area contributed by atoms with Crippen LogP contribution in [0.5, 0.6) is 0 Å². The lowest BCUT2D eigenvalue weighted by atomic mass is 10.2. The molecule has 1 fully saturated rings. The van der Waals surface area contributed by atoms with E-state index in [2.05, 4.69) is 34.3 Å². The van der Waals surface area contributed by atoms with Gasteiger partial charge in [0.15, 0.2) is 0 Å². The molecule has 9 heteroatoms. The summed E-state index contributed by atoms with van der Waals surface area (Å²) in [7, 11) is -3.54. The Labute approximate surface area is 176 Å². The minimum atomic E-state index is -3.54. The molecule has 0 spiro atoms. The van der Waals surface area contributed by atoms with Crippen molar-refractivity contribution in [1.82, 2.24) is 14.6 Å². The Morgan fingerprint density at radius 2 is 1.97 bits per heavy atom. The average Bonchev–Trinajstić information content (AvgIpc) is 3.26. The minimum Gasteiger partial charge on any atom is -0.372 e. The Morgan fingerprint density at radius 3 is 2.66 bits per heavy atom. The van der Waals surface area contributed by atoms with Crippen LogP contribution >= 0.6 is 11.8 Å². The van der Waals surface area contributed by atoms with E-state index in [1.807, 2.05) is 18.2 Å². The van der Waals surface area contributed by atoms with Crippen LogP contribution < -0.4 is 10.2 Å². The Balaban J connectivity index is 1.50. The molecule has 0 saturated carbocycles. The number of hydrogen-bond donors (Lipinski definition) is 2. The molecular formula is C20H28N4O3S2. The number of carbonyl (C=O) groups is 1. The Kier molecular flexibility index (Phi) is 7.63. The van der Waals surface area contributed by atoms with E-state index in [-0.39, 0.29) is 16.5 Å².